The average molecular weight is 346 g/mol. The summed E-state index contributed by atoms with van der Waals surface area (Å²) >= 11 is 0. The summed E-state index contributed by atoms with van der Waals surface area (Å²) in [5.41, 5.74) is 1.51. The lowest BCUT2D eigenvalue weighted by atomic mass is 10.2. The molecular formula is C16H15FN4O2S. The summed E-state index contributed by atoms with van der Waals surface area (Å²) in [4.78, 5) is 3.94. The minimum Gasteiger partial charge on any atom is -0.250 e. The van der Waals surface area contributed by atoms with Gasteiger partial charge in [0.25, 0.3) is 5.95 Å². The maximum Gasteiger partial charge on any atom is 0.255 e. The number of nitrogens with zero attached hydrogens (tertiary/aromatic N) is 3. The molecule has 124 valence electrons. The van der Waals surface area contributed by atoms with Crippen LogP contribution in [-0.4, -0.2) is 23.2 Å². The zero-order chi connectivity index (χ0) is 17.0. The van der Waals surface area contributed by atoms with Gasteiger partial charge in [-0.05, 0) is 23.3 Å². The fourth-order valence-electron chi connectivity index (χ4n) is 2.16. The van der Waals surface area contributed by atoms with E-state index in [2.05, 4.69) is 14.8 Å². The Morgan fingerprint density at radius 2 is 1.71 bits per heavy atom. The molecule has 0 bridgehead atoms. The summed E-state index contributed by atoms with van der Waals surface area (Å²) in [6.45, 7) is 0.369. The van der Waals surface area contributed by atoms with E-state index in [-0.39, 0.29) is 17.5 Å². The minimum absolute atomic E-state index is 0.00745. The van der Waals surface area contributed by atoms with Crippen molar-refractivity contribution in [2.24, 2.45) is 0 Å². The Balaban J connectivity index is 1.66. The van der Waals surface area contributed by atoms with Crippen LogP contribution in [0.15, 0.2) is 60.9 Å². The largest absolute Gasteiger partial charge is 0.255 e. The van der Waals surface area contributed by atoms with Crippen LogP contribution in [0.4, 0.5) is 10.3 Å². The number of nitrogens with one attached hydrogen (secondary N) is 1. The van der Waals surface area contributed by atoms with E-state index in [1.54, 1.807) is 36.4 Å². The van der Waals surface area contributed by atoms with Gasteiger partial charge in [-0.25, -0.2) is 22.2 Å². The number of anilines is 1. The monoisotopic (exact) mass is 346 g/mol. The molecule has 0 saturated carbocycles. The number of sulfonamides is 1. The second-order valence-electron chi connectivity index (χ2n) is 5.24. The Bertz CT molecular complexity index is 909. The van der Waals surface area contributed by atoms with E-state index in [1.165, 1.54) is 23.1 Å². The van der Waals surface area contributed by atoms with Gasteiger partial charge in [0.1, 0.15) is 12.1 Å². The summed E-state index contributed by atoms with van der Waals surface area (Å²) in [7, 11) is -3.59. The highest BCUT2D eigenvalue weighted by atomic mass is 32.2. The van der Waals surface area contributed by atoms with Gasteiger partial charge in [-0.2, -0.15) is 4.98 Å². The second kappa shape index (κ2) is 6.79. The Morgan fingerprint density at radius 1 is 1.00 bits per heavy atom. The highest BCUT2D eigenvalue weighted by molar-refractivity contribution is 7.91. The highest BCUT2D eigenvalue weighted by Gasteiger charge is 2.14. The molecule has 0 aliphatic rings. The van der Waals surface area contributed by atoms with Crippen molar-refractivity contribution in [3.63, 3.8) is 0 Å². The molecular weight excluding hydrogens is 331 g/mol. The smallest absolute Gasteiger partial charge is 0.250 e. The van der Waals surface area contributed by atoms with Crippen molar-refractivity contribution >= 4 is 16.0 Å². The lowest BCUT2D eigenvalue weighted by Crippen LogP contribution is -2.16. The van der Waals surface area contributed by atoms with Gasteiger partial charge in [0.2, 0.25) is 10.0 Å². The summed E-state index contributed by atoms with van der Waals surface area (Å²) in [6, 6.07) is 14.8. The molecule has 0 radical (unpaired) electrons. The van der Waals surface area contributed by atoms with Crippen LogP contribution in [-0.2, 0) is 22.3 Å². The Labute approximate surface area is 139 Å². The molecule has 0 amide bonds. The number of hydrogen-bond acceptors (Lipinski definition) is 4. The van der Waals surface area contributed by atoms with Gasteiger partial charge in [0, 0.05) is 0 Å². The van der Waals surface area contributed by atoms with E-state index in [4.69, 9.17) is 0 Å². The van der Waals surface area contributed by atoms with Crippen LogP contribution in [0, 0.1) is 5.82 Å². The Morgan fingerprint density at radius 3 is 2.42 bits per heavy atom. The topological polar surface area (TPSA) is 76.9 Å². The van der Waals surface area contributed by atoms with Crippen LogP contribution in [0.3, 0.4) is 0 Å². The summed E-state index contributed by atoms with van der Waals surface area (Å²) in [5, 5.41) is 4.08. The predicted molar refractivity (Wildman–Crippen MR) is 88.2 cm³/mol. The normalized spacial score (nSPS) is 11.4. The van der Waals surface area contributed by atoms with Crippen molar-refractivity contribution < 1.29 is 12.8 Å². The van der Waals surface area contributed by atoms with Crippen LogP contribution in [0.1, 0.15) is 11.1 Å². The summed E-state index contributed by atoms with van der Waals surface area (Å²) in [6.07, 6.45) is 1.42. The van der Waals surface area contributed by atoms with Crippen molar-refractivity contribution in [1.29, 1.82) is 0 Å². The van der Waals surface area contributed by atoms with Crippen LogP contribution in [0.2, 0.25) is 0 Å². The molecule has 1 heterocycles. The van der Waals surface area contributed by atoms with Crippen molar-refractivity contribution in [3.8, 4) is 0 Å². The minimum atomic E-state index is -3.59. The van der Waals surface area contributed by atoms with Gasteiger partial charge in [-0.3, -0.25) is 0 Å². The van der Waals surface area contributed by atoms with Crippen molar-refractivity contribution in [2.75, 3.05) is 4.72 Å². The lowest BCUT2D eigenvalue weighted by molar-refractivity contribution is 0.599. The van der Waals surface area contributed by atoms with Gasteiger partial charge >= 0.3 is 0 Å². The van der Waals surface area contributed by atoms with E-state index in [1.807, 2.05) is 6.07 Å². The first-order valence-electron chi connectivity index (χ1n) is 7.18. The maximum atomic E-state index is 12.9. The molecule has 0 atom stereocenters. The molecule has 0 unspecified atom stereocenters. The Kier molecular flexibility index (Phi) is 4.57. The number of aromatic nitrogens is 3. The molecule has 1 aromatic heterocycles. The van der Waals surface area contributed by atoms with Crippen LogP contribution < -0.4 is 4.72 Å². The molecule has 0 fully saturated rings. The molecule has 3 rings (SSSR count). The summed E-state index contributed by atoms with van der Waals surface area (Å²) < 4.78 is 41.0. The summed E-state index contributed by atoms with van der Waals surface area (Å²) in [5.74, 6) is -0.458. The number of rotatable bonds is 6. The van der Waals surface area contributed by atoms with Crippen molar-refractivity contribution in [1.82, 2.24) is 14.8 Å². The van der Waals surface area contributed by atoms with Gasteiger partial charge < -0.3 is 0 Å². The first-order valence-corrected chi connectivity index (χ1v) is 8.84. The number of halogens is 1. The quantitative estimate of drug-likeness (QED) is 0.743. The third-order valence-corrected chi connectivity index (χ3v) is 4.45. The third kappa shape index (κ3) is 4.39. The second-order valence-corrected chi connectivity index (χ2v) is 6.96. The molecule has 8 heteroatoms. The van der Waals surface area contributed by atoms with Crippen LogP contribution >= 0.6 is 0 Å². The Hall–Kier alpha value is -2.74. The average Bonchev–Trinajstić information content (AvgIpc) is 2.96. The first kappa shape index (κ1) is 16.1. The zero-order valence-electron chi connectivity index (χ0n) is 12.6. The zero-order valence-corrected chi connectivity index (χ0v) is 13.4. The van der Waals surface area contributed by atoms with Crippen LogP contribution in [0.5, 0.6) is 0 Å². The van der Waals surface area contributed by atoms with E-state index >= 15 is 0 Å². The van der Waals surface area contributed by atoms with Crippen molar-refractivity contribution in [3.05, 3.63) is 77.9 Å². The molecule has 6 nitrogen and oxygen atoms in total. The van der Waals surface area contributed by atoms with Gasteiger partial charge in [0.05, 0.1) is 12.3 Å². The molecule has 0 spiro atoms. The van der Waals surface area contributed by atoms with E-state index in [0.29, 0.717) is 12.1 Å². The van der Waals surface area contributed by atoms with E-state index < -0.39 is 10.0 Å². The fraction of sp³-hybridized carbons (Fsp3) is 0.125. The molecule has 0 saturated heterocycles. The number of benzene rings is 2. The SMILES string of the molecule is O=S(=O)(Cc1ccccc1)Nc1ncn(Cc2ccc(F)cc2)n1. The van der Waals surface area contributed by atoms with E-state index in [9.17, 15) is 12.8 Å². The van der Waals surface area contributed by atoms with Gasteiger partial charge in [-0.1, -0.05) is 42.5 Å². The predicted octanol–water partition coefficient (Wildman–Crippen LogP) is 2.41. The van der Waals surface area contributed by atoms with Crippen molar-refractivity contribution in [2.45, 2.75) is 12.3 Å². The van der Waals surface area contributed by atoms with Crippen LogP contribution in [0.25, 0.3) is 0 Å². The molecule has 2 aromatic carbocycles. The fourth-order valence-corrected chi connectivity index (χ4v) is 3.24. The molecule has 0 aliphatic carbocycles. The molecule has 0 aliphatic heterocycles. The maximum absolute atomic E-state index is 12.9. The molecule has 3 aromatic rings. The number of hydrogen-bond donors (Lipinski definition) is 1. The highest BCUT2D eigenvalue weighted by Crippen LogP contribution is 2.10. The van der Waals surface area contributed by atoms with Gasteiger partial charge in [-0.15, -0.1) is 5.10 Å². The third-order valence-electron chi connectivity index (χ3n) is 3.24. The van der Waals surface area contributed by atoms with Gasteiger partial charge in [0.15, 0.2) is 0 Å². The first-order chi connectivity index (χ1) is 11.5. The molecule has 24 heavy (non-hydrogen) atoms. The molecule has 1 N–H and O–H groups in total. The standard InChI is InChI=1S/C16H15FN4O2S/c17-15-8-6-13(7-9-15)10-21-12-18-16(19-21)20-24(22,23)11-14-4-2-1-3-5-14/h1-9,12H,10-11H2,(H,19,20). The lowest BCUT2D eigenvalue weighted by Gasteiger charge is -2.04. The van der Waals surface area contributed by atoms with E-state index in [0.717, 1.165) is 5.56 Å².